The first kappa shape index (κ1) is 23.3. The monoisotopic (exact) mass is 447 g/mol. The lowest BCUT2D eigenvalue weighted by Crippen LogP contribution is -2.39. The molecule has 1 saturated heterocycles. The van der Waals surface area contributed by atoms with Gasteiger partial charge in [0.15, 0.2) is 0 Å². The third-order valence-electron chi connectivity index (χ3n) is 7.00. The highest BCUT2D eigenvalue weighted by molar-refractivity contribution is 5.97. The summed E-state index contributed by atoms with van der Waals surface area (Å²) in [4.78, 5) is 22.1. The SMILES string of the molecule is C=C(C)N1CCC(Nc2cc3c(cn2)CCN(CCCCc2ccccc2CN)C3=O)CC1. The maximum Gasteiger partial charge on any atom is 0.254 e. The predicted molar refractivity (Wildman–Crippen MR) is 134 cm³/mol. The van der Waals surface area contributed by atoms with Crippen molar-refractivity contribution < 1.29 is 4.79 Å². The van der Waals surface area contributed by atoms with E-state index in [-0.39, 0.29) is 5.91 Å². The molecule has 6 nitrogen and oxygen atoms in total. The second kappa shape index (κ2) is 10.8. The molecule has 3 N–H and O–H groups in total. The van der Waals surface area contributed by atoms with E-state index < -0.39 is 0 Å². The van der Waals surface area contributed by atoms with Crippen LogP contribution in [0, 0.1) is 0 Å². The Balaban J connectivity index is 1.30. The Hall–Kier alpha value is -2.86. The minimum absolute atomic E-state index is 0.140. The number of nitrogens with two attached hydrogens (primary N) is 1. The average Bonchev–Trinajstić information content (AvgIpc) is 2.84. The van der Waals surface area contributed by atoms with E-state index in [0.717, 1.165) is 87.3 Å². The fourth-order valence-corrected chi connectivity index (χ4v) is 4.93. The van der Waals surface area contributed by atoms with Gasteiger partial charge in [-0.1, -0.05) is 30.8 Å². The molecule has 0 saturated carbocycles. The minimum Gasteiger partial charge on any atom is -0.375 e. The summed E-state index contributed by atoms with van der Waals surface area (Å²) in [6.07, 6.45) is 7.93. The fraction of sp³-hybridized carbons (Fsp3) is 0.481. The summed E-state index contributed by atoms with van der Waals surface area (Å²) in [7, 11) is 0. The number of amides is 1. The molecular weight excluding hydrogens is 410 g/mol. The second-order valence-electron chi connectivity index (χ2n) is 9.34. The highest BCUT2D eigenvalue weighted by Crippen LogP contribution is 2.24. The Morgan fingerprint density at radius 3 is 2.67 bits per heavy atom. The Morgan fingerprint density at radius 2 is 1.94 bits per heavy atom. The number of benzene rings is 1. The van der Waals surface area contributed by atoms with Gasteiger partial charge in [-0.3, -0.25) is 4.79 Å². The molecule has 0 bridgehead atoms. The van der Waals surface area contributed by atoms with E-state index in [1.807, 2.05) is 23.2 Å². The van der Waals surface area contributed by atoms with Crippen molar-refractivity contribution >= 4 is 11.7 Å². The lowest BCUT2D eigenvalue weighted by molar-refractivity contribution is 0.0736. The summed E-state index contributed by atoms with van der Waals surface area (Å²) >= 11 is 0. The molecule has 2 aromatic rings. The minimum atomic E-state index is 0.140. The first-order valence-electron chi connectivity index (χ1n) is 12.3. The van der Waals surface area contributed by atoms with Gasteiger partial charge < -0.3 is 20.9 Å². The number of pyridine rings is 1. The molecule has 33 heavy (non-hydrogen) atoms. The maximum absolute atomic E-state index is 13.2. The summed E-state index contributed by atoms with van der Waals surface area (Å²) in [6, 6.07) is 10.7. The molecule has 1 aromatic carbocycles. The van der Waals surface area contributed by atoms with E-state index in [1.165, 1.54) is 11.1 Å². The van der Waals surface area contributed by atoms with Crippen molar-refractivity contribution in [2.24, 2.45) is 5.73 Å². The van der Waals surface area contributed by atoms with Crippen molar-refractivity contribution in [3.8, 4) is 0 Å². The number of allylic oxidation sites excluding steroid dienone is 1. The van der Waals surface area contributed by atoms with E-state index >= 15 is 0 Å². The predicted octanol–water partition coefficient (Wildman–Crippen LogP) is 3.97. The Labute approximate surface area is 197 Å². The van der Waals surface area contributed by atoms with Gasteiger partial charge >= 0.3 is 0 Å². The van der Waals surface area contributed by atoms with Crippen LogP contribution in [0.25, 0.3) is 0 Å². The number of unbranched alkanes of at least 4 members (excludes halogenated alkanes) is 1. The van der Waals surface area contributed by atoms with Gasteiger partial charge in [-0.05, 0) is 68.2 Å². The van der Waals surface area contributed by atoms with Crippen LogP contribution < -0.4 is 11.1 Å². The molecule has 2 aliphatic heterocycles. The summed E-state index contributed by atoms with van der Waals surface area (Å²) in [5.41, 5.74) is 11.4. The zero-order valence-electron chi connectivity index (χ0n) is 19.9. The molecular formula is C27H37N5O. The molecule has 6 heteroatoms. The van der Waals surface area contributed by atoms with E-state index in [1.54, 1.807) is 0 Å². The maximum atomic E-state index is 13.2. The summed E-state index contributed by atoms with van der Waals surface area (Å²) in [5, 5.41) is 3.56. The van der Waals surface area contributed by atoms with E-state index in [9.17, 15) is 4.79 Å². The second-order valence-corrected chi connectivity index (χ2v) is 9.34. The van der Waals surface area contributed by atoms with Crippen LogP contribution in [-0.2, 0) is 19.4 Å². The highest BCUT2D eigenvalue weighted by Gasteiger charge is 2.25. The fourth-order valence-electron chi connectivity index (χ4n) is 4.93. The Bertz CT molecular complexity index is 980. The number of hydrogen-bond donors (Lipinski definition) is 2. The third-order valence-corrected chi connectivity index (χ3v) is 7.00. The zero-order valence-corrected chi connectivity index (χ0v) is 19.9. The molecule has 0 atom stereocenters. The number of carbonyl (C=O) groups is 1. The van der Waals surface area contributed by atoms with Gasteiger partial charge in [-0.25, -0.2) is 4.98 Å². The van der Waals surface area contributed by atoms with E-state index in [0.29, 0.717) is 12.6 Å². The number of anilines is 1. The normalized spacial score (nSPS) is 16.6. The quantitative estimate of drug-likeness (QED) is 0.569. The number of aryl methyl sites for hydroxylation is 1. The van der Waals surface area contributed by atoms with Crippen molar-refractivity contribution in [3.63, 3.8) is 0 Å². The molecule has 0 spiro atoms. The van der Waals surface area contributed by atoms with Crippen molar-refractivity contribution in [3.05, 3.63) is 71.1 Å². The standard InChI is InChI=1S/C27H37N5O/c1-20(2)31-15-11-24(12-16-31)30-26-17-25-23(19-29-26)10-14-32(27(25)33)13-6-5-8-21-7-3-4-9-22(21)18-28/h3-4,7,9,17,19,24H,1,5-6,8,10-16,18,28H2,2H3,(H,29,30). The van der Waals surface area contributed by atoms with Crippen LogP contribution >= 0.6 is 0 Å². The Kier molecular flexibility index (Phi) is 7.65. The first-order chi connectivity index (χ1) is 16.0. The highest BCUT2D eigenvalue weighted by atomic mass is 16.2. The molecule has 1 fully saturated rings. The largest absolute Gasteiger partial charge is 0.375 e. The number of carbonyl (C=O) groups excluding carboxylic acids is 1. The van der Waals surface area contributed by atoms with E-state index in [2.05, 4.69) is 46.9 Å². The summed E-state index contributed by atoms with van der Waals surface area (Å²) in [5.74, 6) is 0.956. The number of likely N-dealkylation sites (tertiary alicyclic amines) is 1. The van der Waals surface area contributed by atoms with Crippen molar-refractivity contribution in [2.75, 3.05) is 31.5 Å². The van der Waals surface area contributed by atoms with Crippen LogP contribution in [0.15, 0.2) is 48.8 Å². The number of fused-ring (bicyclic) bond motifs is 1. The lowest BCUT2D eigenvalue weighted by Gasteiger charge is -2.34. The van der Waals surface area contributed by atoms with Gasteiger partial charge in [0, 0.05) is 56.2 Å². The molecule has 176 valence electrons. The van der Waals surface area contributed by atoms with Crippen LogP contribution in [-0.4, -0.2) is 52.9 Å². The molecule has 2 aliphatic rings. The summed E-state index contributed by atoms with van der Waals surface area (Å²) in [6.45, 7) is 10.3. The molecule has 1 amide bonds. The zero-order chi connectivity index (χ0) is 23.2. The molecule has 0 aliphatic carbocycles. The van der Waals surface area contributed by atoms with Gasteiger partial charge in [-0.2, -0.15) is 0 Å². The third kappa shape index (κ3) is 5.74. The van der Waals surface area contributed by atoms with Crippen LogP contribution in [0.3, 0.4) is 0 Å². The topological polar surface area (TPSA) is 74.5 Å². The number of nitrogens with one attached hydrogen (secondary N) is 1. The van der Waals surface area contributed by atoms with Gasteiger partial charge in [-0.15, -0.1) is 0 Å². The summed E-state index contributed by atoms with van der Waals surface area (Å²) < 4.78 is 0. The van der Waals surface area contributed by atoms with Crippen LogP contribution in [0.4, 0.5) is 5.82 Å². The van der Waals surface area contributed by atoms with Crippen LogP contribution in [0.2, 0.25) is 0 Å². The molecule has 1 aromatic heterocycles. The van der Waals surface area contributed by atoms with Gasteiger partial charge in [0.1, 0.15) is 5.82 Å². The first-order valence-corrected chi connectivity index (χ1v) is 12.3. The lowest BCUT2D eigenvalue weighted by atomic mass is 9.99. The van der Waals surface area contributed by atoms with Gasteiger partial charge in [0.05, 0.1) is 0 Å². The van der Waals surface area contributed by atoms with Gasteiger partial charge in [0.2, 0.25) is 0 Å². The number of rotatable bonds is 9. The van der Waals surface area contributed by atoms with Crippen molar-refractivity contribution in [2.45, 2.75) is 58.0 Å². The molecule has 3 heterocycles. The smallest absolute Gasteiger partial charge is 0.254 e. The number of hydrogen-bond acceptors (Lipinski definition) is 5. The van der Waals surface area contributed by atoms with Crippen molar-refractivity contribution in [1.82, 2.24) is 14.8 Å². The van der Waals surface area contributed by atoms with Crippen molar-refractivity contribution in [1.29, 1.82) is 0 Å². The molecule has 4 rings (SSSR count). The number of piperidine rings is 1. The van der Waals surface area contributed by atoms with Crippen LogP contribution in [0.1, 0.15) is 59.7 Å². The number of aromatic nitrogens is 1. The molecule has 0 radical (unpaired) electrons. The average molecular weight is 448 g/mol. The number of nitrogens with zero attached hydrogens (tertiary/aromatic N) is 3. The molecule has 0 unspecified atom stereocenters. The Morgan fingerprint density at radius 1 is 1.18 bits per heavy atom. The van der Waals surface area contributed by atoms with Crippen LogP contribution in [0.5, 0.6) is 0 Å². The van der Waals surface area contributed by atoms with E-state index in [4.69, 9.17) is 5.73 Å². The van der Waals surface area contributed by atoms with Gasteiger partial charge in [0.25, 0.3) is 5.91 Å².